The number of ether oxygens (including phenoxy) is 1. The van der Waals surface area contributed by atoms with E-state index in [4.69, 9.17) is 4.74 Å². The summed E-state index contributed by atoms with van der Waals surface area (Å²) in [6, 6.07) is 18.3. The molecule has 0 saturated heterocycles. The van der Waals surface area contributed by atoms with Gasteiger partial charge in [0, 0.05) is 12.2 Å². The molecule has 2 aromatic rings. The maximum absolute atomic E-state index is 5.79. The van der Waals surface area contributed by atoms with E-state index >= 15 is 0 Å². The predicted octanol–water partition coefficient (Wildman–Crippen LogP) is 3.89. The summed E-state index contributed by atoms with van der Waals surface area (Å²) in [6.45, 7) is 7.15. The summed E-state index contributed by atoms with van der Waals surface area (Å²) >= 11 is 0. The summed E-state index contributed by atoms with van der Waals surface area (Å²) in [5, 5.41) is 3.21. The Bertz CT molecular complexity index is 534. The van der Waals surface area contributed by atoms with Crippen molar-refractivity contribution in [1.82, 2.24) is 5.32 Å². The van der Waals surface area contributed by atoms with Crippen molar-refractivity contribution in [3.63, 3.8) is 0 Å². The van der Waals surface area contributed by atoms with Gasteiger partial charge in [-0.05, 0) is 30.2 Å². The van der Waals surface area contributed by atoms with Crippen LogP contribution in [0.3, 0.4) is 0 Å². The molecule has 0 aromatic heterocycles. The molecule has 0 aliphatic heterocycles. The highest BCUT2D eigenvalue weighted by molar-refractivity contribution is 5.29. The standard InChI is InChI=1S/C17H19NO/c1-14(2)18-12-16-9-6-10-17(11-16)19-13-15-7-4-3-5-8-15/h3-11,18H,1,12-13H2,2H3. The van der Waals surface area contributed by atoms with E-state index in [1.54, 1.807) is 0 Å². The Hall–Kier alpha value is -2.22. The first kappa shape index (κ1) is 13.2. The second-order valence-corrected chi connectivity index (χ2v) is 4.56. The minimum Gasteiger partial charge on any atom is -0.489 e. The van der Waals surface area contributed by atoms with Crippen LogP contribution in [-0.4, -0.2) is 0 Å². The molecule has 1 N–H and O–H groups in total. The summed E-state index contributed by atoms with van der Waals surface area (Å²) in [5.41, 5.74) is 3.33. The lowest BCUT2D eigenvalue weighted by atomic mass is 10.2. The monoisotopic (exact) mass is 253 g/mol. The summed E-state index contributed by atoms with van der Waals surface area (Å²) in [5.74, 6) is 0.893. The minimum absolute atomic E-state index is 0.595. The lowest BCUT2D eigenvalue weighted by Crippen LogP contribution is -2.09. The highest BCUT2D eigenvalue weighted by Gasteiger charge is 1.98. The third kappa shape index (κ3) is 4.51. The van der Waals surface area contributed by atoms with Crippen molar-refractivity contribution < 1.29 is 4.74 Å². The highest BCUT2D eigenvalue weighted by Crippen LogP contribution is 2.15. The summed E-state index contributed by atoms with van der Waals surface area (Å²) in [4.78, 5) is 0. The molecule has 2 aromatic carbocycles. The van der Waals surface area contributed by atoms with Crippen molar-refractivity contribution in [1.29, 1.82) is 0 Å². The molecule has 2 nitrogen and oxygen atoms in total. The Morgan fingerprint density at radius 3 is 2.53 bits per heavy atom. The topological polar surface area (TPSA) is 21.3 Å². The molecule has 2 heteroatoms. The molecule has 0 amide bonds. The molecular weight excluding hydrogens is 234 g/mol. The van der Waals surface area contributed by atoms with Crippen LogP contribution in [-0.2, 0) is 13.2 Å². The van der Waals surface area contributed by atoms with Crippen LogP contribution in [0.15, 0.2) is 66.9 Å². The zero-order valence-electron chi connectivity index (χ0n) is 11.2. The largest absolute Gasteiger partial charge is 0.489 e. The van der Waals surface area contributed by atoms with Crippen molar-refractivity contribution in [2.75, 3.05) is 0 Å². The predicted molar refractivity (Wildman–Crippen MR) is 78.9 cm³/mol. The maximum Gasteiger partial charge on any atom is 0.120 e. The first-order chi connectivity index (χ1) is 9.24. The quantitative estimate of drug-likeness (QED) is 0.843. The van der Waals surface area contributed by atoms with Crippen molar-refractivity contribution in [2.45, 2.75) is 20.1 Å². The van der Waals surface area contributed by atoms with E-state index in [0.29, 0.717) is 6.61 Å². The molecule has 0 aliphatic rings. The number of benzene rings is 2. The second-order valence-electron chi connectivity index (χ2n) is 4.56. The molecule has 0 unspecified atom stereocenters. The van der Waals surface area contributed by atoms with Crippen molar-refractivity contribution in [3.8, 4) is 5.75 Å². The second kappa shape index (κ2) is 6.64. The molecule has 0 heterocycles. The smallest absolute Gasteiger partial charge is 0.120 e. The molecular formula is C17H19NO. The molecule has 19 heavy (non-hydrogen) atoms. The van der Waals surface area contributed by atoms with Crippen LogP contribution in [0.5, 0.6) is 5.75 Å². The zero-order valence-corrected chi connectivity index (χ0v) is 11.2. The number of allylic oxidation sites excluding steroid dienone is 1. The third-order valence-electron chi connectivity index (χ3n) is 2.74. The number of hydrogen-bond donors (Lipinski definition) is 1. The first-order valence-electron chi connectivity index (χ1n) is 6.39. The van der Waals surface area contributed by atoms with Crippen molar-refractivity contribution in [2.24, 2.45) is 0 Å². The van der Waals surface area contributed by atoms with Gasteiger partial charge in [-0.15, -0.1) is 0 Å². The van der Waals surface area contributed by atoms with Gasteiger partial charge in [0.1, 0.15) is 12.4 Å². The van der Waals surface area contributed by atoms with Gasteiger partial charge in [-0.25, -0.2) is 0 Å². The van der Waals surface area contributed by atoms with Gasteiger partial charge in [0.15, 0.2) is 0 Å². The van der Waals surface area contributed by atoms with E-state index in [1.165, 1.54) is 11.1 Å². The maximum atomic E-state index is 5.79. The van der Waals surface area contributed by atoms with E-state index < -0.39 is 0 Å². The fourth-order valence-corrected chi connectivity index (χ4v) is 1.74. The van der Waals surface area contributed by atoms with Crippen molar-refractivity contribution in [3.05, 3.63) is 78.0 Å². The lowest BCUT2D eigenvalue weighted by molar-refractivity contribution is 0.306. The van der Waals surface area contributed by atoms with Crippen molar-refractivity contribution >= 4 is 0 Å². The molecule has 0 radical (unpaired) electrons. The van der Waals surface area contributed by atoms with Gasteiger partial charge in [-0.2, -0.15) is 0 Å². The van der Waals surface area contributed by atoms with Crippen LogP contribution in [0, 0.1) is 0 Å². The Balaban J connectivity index is 1.93. The summed E-state index contributed by atoms with van der Waals surface area (Å²) in [6.07, 6.45) is 0. The number of rotatable bonds is 6. The summed E-state index contributed by atoms with van der Waals surface area (Å²) in [7, 11) is 0. The van der Waals surface area contributed by atoms with Crippen LogP contribution in [0.25, 0.3) is 0 Å². The van der Waals surface area contributed by atoms with E-state index in [-0.39, 0.29) is 0 Å². The van der Waals surface area contributed by atoms with E-state index in [1.807, 2.05) is 37.3 Å². The van der Waals surface area contributed by atoms with Crippen LogP contribution in [0.2, 0.25) is 0 Å². The Morgan fingerprint density at radius 1 is 1.05 bits per heavy atom. The molecule has 98 valence electrons. The normalized spacial score (nSPS) is 9.95. The number of hydrogen-bond acceptors (Lipinski definition) is 2. The molecule has 0 spiro atoms. The molecule has 2 rings (SSSR count). The van der Waals surface area contributed by atoms with Gasteiger partial charge in [0.05, 0.1) is 0 Å². The Labute approximate surface area is 114 Å². The van der Waals surface area contributed by atoms with Crippen LogP contribution in [0.4, 0.5) is 0 Å². The van der Waals surface area contributed by atoms with E-state index in [2.05, 4.69) is 36.2 Å². The van der Waals surface area contributed by atoms with Gasteiger partial charge in [0.25, 0.3) is 0 Å². The van der Waals surface area contributed by atoms with Crippen LogP contribution < -0.4 is 10.1 Å². The van der Waals surface area contributed by atoms with Gasteiger partial charge >= 0.3 is 0 Å². The van der Waals surface area contributed by atoms with Gasteiger partial charge in [0.2, 0.25) is 0 Å². The number of nitrogens with one attached hydrogen (secondary N) is 1. The van der Waals surface area contributed by atoms with Gasteiger partial charge in [-0.1, -0.05) is 49.0 Å². The SMILES string of the molecule is C=C(C)NCc1cccc(OCc2ccccc2)c1. The summed E-state index contributed by atoms with van der Waals surface area (Å²) < 4.78 is 5.79. The van der Waals surface area contributed by atoms with E-state index in [0.717, 1.165) is 18.0 Å². The van der Waals surface area contributed by atoms with Crippen LogP contribution >= 0.6 is 0 Å². The minimum atomic E-state index is 0.595. The Kier molecular flexibility index (Phi) is 4.62. The highest BCUT2D eigenvalue weighted by atomic mass is 16.5. The first-order valence-corrected chi connectivity index (χ1v) is 6.39. The average Bonchev–Trinajstić information content (AvgIpc) is 2.44. The van der Waals surface area contributed by atoms with Gasteiger partial charge < -0.3 is 10.1 Å². The van der Waals surface area contributed by atoms with Gasteiger partial charge in [-0.3, -0.25) is 0 Å². The fourth-order valence-electron chi connectivity index (χ4n) is 1.74. The van der Waals surface area contributed by atoms with Crippen LogP contribution in [0.1, 0.15) is 18.1 Å². The molecule has 0 bridgehead atoms. The third-order valence-corrected chi connectivity index (χ3v) is 2.74. The molecule has 0 aliphatic carbocycles. The average molecular weight is 253 g/mol. The molecule has 0 saturated carbocycles. The van der Waals surface area contributed by atoms with E-state index in [9.17, 15) is 0 Å². The lowest BCUT2D eigenvalue weighted by Gasteiger charge is -2.09. The zero-order chi connectivity index (χ0) is 13.5. The molecule has 0 atom stereocenters. The molecule has 0 fully saturated rings. The Morgan fingerprint density at radius 2 is 1.79 bits per heavy atom. The fraction of sp³-hybridized carbons (Fsp3) is 0.176.